The van der Waals surface area contributed by atoms with Crippen LogP contribution in [0.2, 0.25) is 0 Å². The molecule has 2 nitrogen and oxygen atoms in total. The van der Waals surface area contributed by atoms with Crippen molar-refractivity contribution >= 4 is 43.1 Å². The van der Waals surface area contributed by atoms with Crippen molar-refractivity contribution in [2.45, 2.75) is 0 Å². The first kappa shape index (κ1) is 17.5. The Morgan fingerprint density at radius 2 is 1.21 bits per heavy atom. The smallest absolute Gasteiger partial charge is 0.193 e. The number of carbonyl (C=O) groups is 2. The fourth-order valence-electron chi connectivity index (χ4n) is 3.66. The summed E-state index contributed by atoms with van der Waals surface area (Å²) in [6.07, 6.45) is 0. The summed E-state index contributed by atoms with van der Waals surface area (Å²) in [4.78, 5) is 26.1. The van der Waals surface area contributed by atoms with E-state index >= 15 is 0 Å². The third-order valence-electron chi connectivity index (χ3n) is 5.07. The van der Waals surface area contributed by atoms with Gasteiger partial charge in [0.1, 0.15) is 0 Å². The molecule has 0 N–H and O–H groups in total. The van der Waals surface area contributed by atoms with Crippen molar-refractivity contribution in [1.29, 1.82) is 0 Å². The zero-order valence-corrected chi connectivity index (χ0v) is 16.3. The van der Waals surface area contributed by atoms with Gasteiger partial charge in [0, 0.05) is 42.4 Å². The zero-order chi connectivity index (χ0) is 19.8. The summed E-state index contributed by atoms with van der Waals surface area (Å²) in [5.74, 6) is -0.0191. The third-order valence-corrected chi connectivity index (χ3v) is 6.21. The van der Waals surface area contributed by atoms with Gasteiger partial charge in [0.2, 0.25) is 0 Å². The van der Waals surface area contributed by atoms with Crippen molar-refractivity contribution in [1.82, 2.24) is 0 Å². The molecule has 138 valence electrons. The molecular weight excluding hydrogens is 376 g/mol. The molecule has 4 aromatic carbocycles. The molecule has 0 spiro atoms. The summed E-state index contributed by atoms with van der Waals surface area (Å²) in [5, 5.41) is 1.87. The van der Waals surface area contributed by atoms with Crippen molar-refractivity contribution < 1.29 is 9.59 Å². The first-order valence-corrected chi connectivity index (χ1v) is 10.2. The molecule has 0 amide bonds. The lowest BCUT2D eigenvalue weighted by Gasteiger charge is -2.05. The molecule has 0 saturated carbocycles. The van der Waals surface area contributed by atoms with E-state index in [1.807, 2.05) is 97.1 Å². The summed E-state index contributed by atoms with van der Waals surface area (Å²) in [7, 11) is 0. The number of hydrogen-bond donors (Lipinski definition) is 0. The number of thiophene rings is 1. The molecule has 3 heteroatoms. The predicted octanol–water partition coefficient (Wildman–Crippen LogP) is 6.52. The minimum atomic E-state index is -0.0151. The summed E-state index contributed by atoms with van der Waals surface area (Å²) in [6.45, 7) is 0. The molecule has 0 fully saturated rings. The van der Waals surface area contributed by atoms with Crippen LogP contribution in [-0.2, 0) is 0 Å². The lowest BCUT2D eigenvalue weighted by atomic mass is 9.96. The number of carbonyl (C=O) groups excluding carboxylic acids is 2. The summed E-state index contributed by atoms with van der Waals surface area (Å²) in [6, 6.07) is 30.2. The van der Waals surface area contributed by atoms with E-state index in [1.54, 1.807) is 11.3 Å². The van der Waals surface area contributed by atoms with Crippen LogP contribution in [-0.4, -0.2) is 11.6 Å². The second-order valence-electron chi connectivity index (χ2n) is 6.88. The largest absolute Gasteiger partial charge is 0.289 e. The van der Waals surface area contributed by atoms with Crippen LogP contribution in [0.15, 0.2) is 97.1 Å². The molecule has 0 bridgehead atoms. The molecule has 0 aliphatic heterocycles. The van der Waals surface area contributed by atoms with Gasteiger partial charge in [0.15, 0.2) is 11.6 Å². The maximum atomic E-state index is 13.2. The van der Waals surface area contributed by atoms with Gasteiger partial charge in [-0.25, -0.2) is 0 Å². The molecule has 5 aromatic rings. The maximum absolute atomic E-state index is 13.2. The Labute approximate surface area is 172 Å². The van der Waals surface area contributed by atoms with E-state index in [9.17, 15) is 9.59 Å². The average molecular weight is 392 g/mol. The summed E-state index contributed by atoms with van der Waals surface area (Å²) >= 11 is 1.64. The van der Waals surface area contributed by atoms with E-state index < -0.39 is 0 Å². The molecule has 0 aliphatic carbocycles. The van der Waals surface area contributed by atoms with Crippen LogP contribution in [0.3, 0.4) is 0 Å². The van der Waals surface area contributed by atoms with Crippen LogP contribution in [0.4, 0.5) is 0 Å². The van der Waals surface area contributed by atoms with Gasteiger partial charge in [-0.05, 0) is 24.3 Å². The lowest BCUT2D eigenvalue weighted by molar-refractivity contribution is 0.103. The van der Waals surface area contributed by atoms with Gasteiger partial charge in [0.05, 0.1) is 0 Å². The highest BCUT2D eigenvalue weighted by Crippen LogP contribution is 2.37. The molecule has 1 heterocycles. The van der Waals surface area contributed by atoms with Gasteiger partial charge in [-0.3, -0.25) is 9.59 Å². The van der Waals surface area contributed by atoms with Gasteiger partial charge in [-0.15, -0.1) is 11.3 Å². The number of benzene rings is 4. The normalized spacial score (nSPS) is 11.0. The standard InChI is InChI=1S/C26H16O2S/c27-25(17-8-3-1-4-9-17)19-14-15-22-21(16-19)24-20(12-7-13-23(24)29-22)26(28)18-10-5-2-6-11-18/h1-16H. The molecule has 0 radical (unpaired) electrons. The van der Waals surface area contributed by atoms with Gasteiger partial charge in [-0.1, -0.05) is 72.8 Å². The van der Waals surface area contributed by atoms with E-state index in [-0.39, 0.29) is 11.6 Å². The van der Waals surface area contributed by atoms with Crippen LogP contribution in [0.25, 0.3) is 20.2 Å². The first-order chi connectivity index (χ1) is 14.2. The van der Waals surface area contributed by atoms with Crippen LogP contribution in [0.5, 0.6) is 0 Å². The van der Waals surface area contributed by atoms with Gasteiger partial charge in [-0.2, -0.15) is 0 Å². The summed E-state index contributed by atoms with van der Waals surface area (Å²) in [5.41, 5.74) is 2.62. The van der Waals surface area contributed by atoms with Crippen LogP contribution in [0.1, 0.15) is 31.8 Å². The number of ketones is 2. The molecule has 0 atom stereocenters. The Balaban J connectivity index is 1.70. The van der Waals surface area contributed by atoms with E-state index in [4.69, 9.17) is 0 Å². The van der Waals surface area contributed by atoms with Crippen molar-refractivity contribution in [2.24, 2.45) is 0 Å². The highest BCUT2D eigenvalue weighted by Gasteiger charge is 2.18. The Morgan fingerprint density at radius 1 is 0.552 bits per heavy atom. The third kappa shape index (κ3) is 3.06. The molecule has 5 rings (SSSR count). The quantitative estimate of drug-likeness (QED) is 0.326. The predicted molar refractivity (Wildman–Crippen MR) is 119 cm³/mol. The SMILES string of the molecule is O=C(c1ccccc1)c1ccc2sc3cccc(C(=O)c4ccccc4)c3c2c1. The van der Waals surface area contributed by atoms with E-state index in [0.717, 1.165) is 20.2 Å². The highest BCUT2D eigenvalue weighted by molar-refractivity contribution is 7.25. The minimum Gasteiger partial charge on any atom is -0.289 e. The topological polar surface area (TPSA) is 34.1 Å². The monoisotopic (exact) mass is 392 g/mol. The van der Waals surface area contributed by atoms with E-state index in [0.29, 0.717) is 22.3 Å². The first-order valence-electron chi connectivity index (χ1n) is 9.37. The second kappa shape index (κ2) is 7.12. The van der Waals surface area contributed by atoms with Gasteiger partial charge in [0.25, 0.3) is 0 Å². The second-order valence-corrected chi connectivity index (χ2v) is 7.97. The Morgan fingerprint density at radius 3 is 1.90 bits per heavy atom. The number of hydrogen-bond acceptors (Lipinski definition) is 3. The molecular formula is C26H16O2S. The van der Waals surface area contributed by atoms with Crippen molar-refractivity contribution in [2.75, 3.05) is 0 Å². The average Bonchev–Trinajstić information content (AvgIpc) is 3.17. The number of rotatable bonds is 4. The van der Waals surface area contributed by atoms with Crippen LogP contribution >= 0.6 is 11.3 Å². The van der Waals surface area contributed by atoms with Crippen molar-refractivity contribution in [3.05, 3.63) is 119 Å². The van der Waals surface area contributed by atoms with Crippen LogP contribution < -0.4 is 0 Å². The zero-order valence-electron chi connectivity index (χ0n) is 15.5. The molecule has 0 aliphatic rings. The fourth-order valence-corrected chi connectivity index (χ4v) is 4.77. The van der Waals surface area contributed by atoms with Crippen LogP contribution in [0, 0.1) is 0 Å². The highest BCUT2D eigenvalue weighted by atomic mass is 32.1. The Kier molecular flexibility index (Phi) is 4.30. The van der Waals surface area contributed by atoms with Gasteiger partial charge < -0.3 is 0 Å². The van der Waals surface area contributed by atoms with Crippen molar-refractivity contribution in [3.8, 4) is 0 Å². The molecule has 29 heavy (non-hydrogen) atoms. The van der Waals surface area contributed by atoms with E-state index in [1.165, 1.54) is 0 Å². The minimum absolute atomic E-state index is 0.00399. The Hall–Kier alpha value is -3.56. The van der Waals surface area contributed by atoms with E-state index in [2.05, 4.69) is 0 Å². The molecule has 1 aromatic heterocycles. The number of fused-ring (bicyclic) bond motifs is 3. The molecule has 0 saturated heterocycles. The van der Waals surface area contributed by atoms with Crippen molar-refractivity contribution in [3.63, 3.8) is 0 Å². The maximum Gasteiger partial charge on any atom is 0.193 e. The van der Waals surface area contributed by atoms with Gasteiger partial charge >= 0.3 is 0 Å². The summed E-state index contributed by atoms with van der Waals surface area (Å²) < 4.78 is 2.11. The Bertz CT molecular complexity index is 1370. The lowest BCUT2D eigenvalue weighted by Crippen LogP contribution is -2.02. The fraction of sp³-hybridized carbons (Fsp3) is 0. The molecule has 0 unspecified atom stereocenters.